The van der Waals surface area contributed by atoms with Crippen LogP contribution in [0.1, 0.15) is 23.7 Å². The minimum Gasteiger partial charge on any atom is -0.490 e. The van der Waals surface area contributed by atoms with Crippen molar-refractivity contribution < 1.29 is 9.47 Å². The molecule has 5 heteroatoms. The fourth-order valence-electron chi connectivity index (χ4n) is 2.12. The second kappa shape index (κ2) is 5.81. The highest BCUT2D eigenvalue weighted by atomic mass is 79.9. The number of rotatable bonds is 2. The number of nitrogens with two attached hydrogens (primary N) is 1. The molecule has 2 aromatic rings. The lowest BCUT2D eigenvalue weighted by atomic mass is 10.0. The van der Waals surface area contributed by atoms with E-state index in [2.05, 4.69) is 20.9 Å². The van der Waals surface area contributed by atoms with Gasteiger partial charge < -0.3 is 15.2 Å². The van der Waals surface area contributed by atoms with Gasteiger partial charge in [0.15, 0.2) is 11.5 Å². The first-order chi connectivity index (χ1) is 9.74. The van der Waals surface area contributed by atoms with Gasteiger partial charge in [0.1, 0.15) is 0 Å². The molecule has 0 saturated heterocycles. The molecule has 3 rings (SSSR count). The van der Waals surface area contributed by atoms with E-state index in [1.807, 2.05) is 30.3 Å². The first kappa shape index (κ1) is 13.4. The molecular formula is C15H15BrN2O2. The third-order valence-corrected chi connectivity index (χ3v) is 3.67. The summed E-state index contributed by atoms with van der Waals surface area (Å²) in [6.45, 7) is 1.36. The summed E-state index contributed by atoms with van der Waals surface area (Å²) in [6, 6.07) is 9.38. The van der Waals surface area contributed by atoms with E-state index in [0.717, 1.165) is 33.6 Å². The van der Waals surface area contributed by atoms with Crippen LogP contribution < -0.4 is 15.2 Å². The highest BCUT2D eigenvalue weighted by Gasteiger charge is 2.15. The van der Waals surface area contributed by atoms with Gasteiger partial charge in [0, 0.05) is 17.1 Å². The Hall–Kier alpha value is -1.59. The van der Waals surface area contributed by atoms with Crippen LogP contribution in [0.2, 0.25) is 0 Å². The Morgan fingerprint density at radius 2 is 1.90 bits per heavy atom. The van der Waals surface area contributed by atoms with Crippen molar-refractivity contribution in [3.63, 3.8) is 0 Å². The van der Waals surface area contributed by atoms with Crippen LogP contribution in [-0.4, -0.2) is 18.2 Å². The van der Waals surface area contributed by atoms with Crippen LogP contribution in [0.4, 0.5) is 0 Å². The number of benzene rings is 1. The van der Waals surface area contributed by atoms with Gasteiger partial charge in [-0.25, -0.2) is 0 Å². The number of fused-ring (bicyclic) bond motifs is 1. The maximum absolute atomic E-state index is 6.26. The molecule has 0 saturated carbocycles. The fourth-order valence-corrected chi connectivity index (χ4v) is 2.35. The van der Waals surface area contributed by atoms with E-state index in [1.54, 1.807) is 6.20 Å². The Kier molecular flexibility index (Phi) is 3.89. The van der Waals surface area contributed by atoms with Crippen molar-refractivity contribution in [1.82, 2.24) is 4.98 Å². The molecule has 1 aliphatic heterocycles. The molecule has 2 heterocycles. The van der Waals surface area contributed by atoms with Crippen LogP contribution in [0.25, 0.3) is 0 Å². The molecule has 2 N–H and O–H groups in total. The van der Waals surface area contributed by atoms with Gasteiger partial charge >= 0.3 is 0 Å². The Morgan fingerprint density at radius 3 is 2.65 bits per heavy atom. The summed E-state index contributed by atoms with van der Waals surface area (Å²) < 4.78 is 12.2. The van der Waals surface area contributed by atoms with Gasteiger partial charge in [0.25, 0.3) is 0 Å². The number of hydrogen-bond donors (Lipinski definition) is 1. The number of nitrogens with zero attached hydrogens (tertiary/aromatic N) is 1. The summed E-state index contributed by atoms with van der Waals surface area (Å²) in [5, 5.41) is 0. The van der Waals surface area contributed by atoms with Crippen molar-refractivity contribution in [2.75, 3.05) is 13.2 Å². The van der Waals surface area contributed by atoms with Gasteiger partial charge in [-0.1, -0.05) is 6.07 Å². The van der Waals surface area contributed by atoms with Gasteiger partial charge in [-0.15, -0.1) is 0 Å². The Bertz CT molecular complexity index is 601. The topological polar surface area (TPSA) is 57.4 Å². The normalized spacial score (nSPS) is 15.5. The third kappa shape index (κ3) is 2.78. The predicted octanol–water partition coefficient (Wildman–Crippen LogP) is 3.05. The largest absolute Gasteiger partial charge is 0.490 e. The summed E-state index contributed by atoms with van der Waals surface area (Å²) in [7, 11) is 0. The molecule has 1 aromatic carbocycles. The van der Waals surface area contributed by atoms with Crippen LogP contribution in [0.15, 0.2) is 41.0 Å². The summed E-state index contributed by atoms with van der Waals surface area (Å²) in [5.74, 6) is 1.54. The number of ether oxygens (including phenoxy) is 2. The summed E-state index contributed by atoms with van der Waals surface area (Å²) in [6.07, 6.45) is 2.64. The van der Waals surface area contributed by atoms with Crippen molar-refractivity contribution >= 4 is 15.9 Å². The quantitative estimate of drug-likeness (QED) is 0.916. The molecule has 20 heavy (non-hydrogen) atoms. The molecule has 0 aliphatic carbocycles. The number of aromatic nitrogens is 1. The van der Waals surface area contributed by atoms with Crippen LogP contribution in [0.5, 0.6) is 11.5 Å². The van der Waals surface area contributed by atoms with Crippen molar-refractivity contribution in [2.24, 2.45) is 5.73 Å². The zero-order valence-corrected chi connectivity index (χ0v) is 12.5. The van der Waals surface area contributed by atoms with E-state index < -0.39 is 0 Å². The minimum absolute atomic E-state index is 0.278. The molecule has 0 amide bonds. The number of pyridine rings is 1. The zero-order valence-electron chi connectivity index (χ0n) is 10.9. The molecule has 104 valence electrons. The molecule has 0 spiro atoms. The van der Waals surface area contributed by atoms with E-state index >= 15 is 0 Å². The van der Waals surface area contributed by atoms with Crippen LogP contribution in [-0.2, 0) is 0 Å². The van der Waals surface area contributed by atoms with Crippen LogP contribution >= 0.6 is 15.9 Å². The predicted molar refractivity (Wildman–Crippen MR) is 80.0 cm³/mol. The maximum atomic E-state index is 6.26. The molecule has 1 aliphatic rings. The van der Waals surface area contributed by atoms with Gasteiger partial charge in [-0.3, -0.25) is 4.98 Å². The van der Waals surface area contributed by atoms with Gasteiger partial charge in [0.2, 0.25) is 0 Å². The Balaban J connectivity index is 1.90. The molecule has 4 nitrogen and oxygen atoms in total. The molecular weight excluding hydrogens is 320 g/mol. The Morgan fingerprint density at radius 1 is 1.10 bits per heavy atom. The van der Waals surface area contributed by atoms with Crippen LogP contribution in [0, 0.1) is 0 Å². The summed E-state index contributed by atoms with van der Waals surface area (Å²) >= 11 is 3.37. The monoisotopic (exact) mass is 334 g/mol. The SMILES string of the molecule is NC(c1ccc2c(c1)OCCCO2)c1ccc(Br)cn1. The zero-order chi connectivity index (χ0) is 13.9. The van der Waals surface area contributed by atoms with E-state index in [0.29, 0.717) is 13.2 Å². The lowest BCUT2D eigenvalue weighted by Gasteiger charge is -2.14. The van der Waals surface area contributed by atoms with Crippen molar-refractivity contribution in [3.05, 3.63) is 52.3 Å². The standard InChI is InChI=1S/C15H15BrN2O2/c16-11-3-4-12(18-9-11)15(17)10-2-5-13-14(8-10)20-7-1-6-19-13/h2-5,8-9,15H,1,6-7,17H2. The lowest BCUT2D eigenvalue weighted by Crippen LogP contribution is -2.13. The Labute approximate surface area is 126 Å². The van der Waals surface area contributed by atoms with E-state index in [9.17, 15) is 0 Å². The summed E-state index contributed by atoms with van der Waals surface area (Å²) in [5.41, 5.74) is 8.05. The summed E-state index contributed by atoms with van der Waals surface area (Å²) in [4.78, 5) is 4.34. The molecule has 1 unspecified atom stereocenters. The van der Waals surface area contributed by atoms with Gasteiger partial charge in [0.05, 0.1) is 24.9 Å². The molecule has 1 atom stereocenters. The second-order valence-electron chi connectivity index (χ2n) is 4.64. The number of halogens is 1. The first-order valence-corrected chi connectivity index (χ1v) is 7.30. The molecule has 0 bridgehead atoms. The van der Waals surface area contributed by atoms with Crippen molar-refractivity contribution in [3.8, 4) is 11.5 Å². The van der Waals surface area contributed by atoms with Crippen molar-refractivity contribution in [1.29, 1.82) is 0 Å². The minimum atomic E-state index is -0.278. The van der Waals surface area contributed by atoms with E-state index in [1.165, 1.54) is 0 Å². The van der Waals surface area contributed by atoms with Crippen molar-refractivity contribution in [2.45, 2.75) is 12.5 Å². The van der Waals surface area contributed by atoms with Gasteiger partial charge in [-0.05, 0) is 45.8 Å². The maximum Gasteiger partial charge on any atom is 0.161 e. The molecule has 0 radical (unpaired) electrons. The third-order valence-electron chi connectivity index (χ3n) is 3.20. The highest BCUT2D eigenvalue weighted by molar-refractivity contribution is 9.10. The highest BCUT2D eigenvalue weighted by Crippen LogP contribution is 2.33. The average Bonchev–Trinajstić information content (AvgIpc) is 2.71. The molecule has 1 aromatic heterocycles. The van der Waals surface area contributed by atoms with E-state index in [4.69, 9.17) is 15.2 Å². The van der Waals surface area contributed by atoms with Gasteiger partial charge in [-0.2, -0.15) is 0 Å². The smallest absolute Gasteiger partial charge is 0.161 e. The average molecular weight is 335 g/mol. The lowest BCUT2D eigenvalue weighted by molar-refractivity contribution is 0.297. The second-order valence-corrected chi connectivity index (χ2v) is 5.55. The van der Waals surface area contributed by atoms with Crippen LogP contribution in [0.3, 0.4) is 0 Å². The fraction of sp³-hybridized carbons (Fsp3) is 0.267. The number of hydrogen-bond acceptors (Lipinski definition) is 4. The first-order valence-electron chi connectivity index (χ1n) is 6.50. The van der Waals surface area contributed by atoms with E-state index in [-0.39, 0.29) is 6.04 Å². The molecule has 0 fully saturated rings.